The average Bonchev–Trinajstić information content (AvgIpc) is 3.78. The highest BCUT2D eigenvalue weighted by Crippen LogP contribution is 2.35. The Kier molecular flexibility index (Phi) is 23.0. The van der Waals surface area contributed by atoms with Crippen molar-refractivity contribution in [1.82, 2.24) is 36.1 Å². The molecule has 1 aromatic heterocycles. The minimum absolute atomic E-state index is 0.00492. The van der Waals surface area contributed by atoms with Gasteiger partial charge in [0.2, 0.25) is 11.8 Å². The van der Waals surface area contributed by atoms with E-state index >= 15 is 0 Å². The first-order valence-electron chi connectivity index (χ1n) is 24.3. The summed E-state index contributed by atoms with van der Waals surface area (Å²) in [4.78, 5) is 98.1. The number of rotatable bonds is 29. The van der Waals surface area contributed by atoms with Gasteiger partial charge in [0.15, 0.2) is 18.5 Å². The smallest absolute Gasteiger partial charge is 0.330 e. The van der Waals surface area contributed by atoms with Crippen LogP contribution < -0.4 is 49.3 Å². The molecule has 408 valence electrons. The molecule has 0 unspecified atom stereocenters. The zero-order chi connectivity index (χ0) is 53.6. The number of aliphatic hydroxyl groups is 3. The van der Waals surface area contributed by atoms with Gasteiger partial charge in [-0.1, -0.05) is 54.4 Å². The molecule has 27 nitrogen and oxygen atoms in total. The number of ether oxygens (including phenoxy) is 5. The van der Waals surface area contributed by atoms with Crippen LogP contribution >= 0.6 is 0 Å². The highest BCUT2D eigenvalue weighted by Gasteiger charge is 2.54. The van der Waals surface area contributed by atoms with Gasteiger partial charge in [0.1, 0.15) is 73.0 Å². The lowest BCUT2D eigenvalue weighted by Gasteiger charge is -2.35. The van der Waals surface area contributed by atoms with E-state index in [1.165, 1.54) is 7.11 Å². The van der Waals surface area contributed by atoms with Gasteiger partial charge in [0.25, 0.3) is 5.56 Å². The summed E-state index contributed by atoms with van der Waals surface area (Å²) in [5.74, 6) is -5.55. The highest BCUT2D eigenvalue weighted by atomic mass is 16.7. The topological polar surface area (TPSA) is 412 Å². The Morgan fingerprint density at radius 3 is 2.18 bits per heavy atom. The standard InChI is InChI=1S/C45H76N10O17/c1-20(2)11-8-9-12-26(57)70-34(22(5)6)29(54-39(62)28(23-13-17-50-44(47)51-23)53-27(21(3)4)41(63)64)38(61)49-16-10-15-48-30(42(65)66)35(72-43-37(68-7)31(58)24(19-46)69-43)36-32(59)33(60)40(71-36)55-18-14-25(56)52-45(55)67/h14,18,20-24,27-37,40,43,48,53,58-60H,8-13,15-17,19,46H2,1-7H3,(H,49,61)(H,54,62)(H,63,64)(H,65,66)(H3,47,50,51)(H,52,56,67)/t23-,24+,27-,28-,29-,30-,31+,32-,33+,34-,35-,36-,37+,40+,43-/m0/s1. The van der Waals surface area contributed by atoms with Crippen LogP contribution in [0.3, 0.4) is 0 Å². The molecule has 27 heteroatoms. The Balaban J connectivity index is 1.59. The number of aromatic amines is 1. The number of carboxylic acids is 2. The van der Waals surface area contributed by atoms with Gasteiger partial charge >= 0.3 is 23.6 Å². The molecule has 0 aliphatic carbocycles. The van der Waals surface area contributed by atoms with Crippen molar-refractivity contribution in [3.63, 3.8) is 0 Å². The van der Waals surface area contributed by atoms with Crippen molar-refractivity contribution in [2.45, 2.75) is 172 Å². The van der Waals surface area contributed by atoms with Crippen molar-refractivity contribution < 1.29 is 73.2 Å². The number of nitrogens with two attached hydrogens (primary N) is 2. The van der Waals surface area contributed by atoms with Crippen molar-refractivity contribution in [2.75, 3.05) is 33.3 Å². The van der Waals surface area contributed by atoms with Crippen LogP contribution in [0.4, 0.5) is 0 Å². The van der Waals surface area contributed by atoms with E-state index < -0.39 is 144 Å². The minimum atomic E-state index is -1.91. The Hall–Kier alpha value is -5.10. The molecule has 4 rings (SSSR count). The monoisotopic (exact) mass is 1030 g/mol. The number of aliphatic carboxylic acids is 2. The van der Waals surface area contributed by atoms with Crippen LogP contribution in [0.25, 0.3) is 0 Å². The first kappa shape index (κ1) is 59.5. The summed E-state index contributed by atoms with van der Waals surface area (Å²) >= 11 is 0. The maximum Gasteiger partial charge on any atom is 0.330 e. The Bertz CT molecular complexity index is 2110. The molecule has 15 atom stereocenters. The van der Waals surface area contributed by atoms with Gasteiger partial charge in [-0.3, -0.25) is 48.6 Å². The number of carboxylic acid groups (broad SMARTS) is 2. The number of aliphatic imine (C=N–C) groups is 1. The molecule has 0 aromatic carbocycles. The van der Waals surface area contributed by atoms with Gasteiger partial charge in [-0.15, -0.1) is 0 Å². The average molecular weight is 1030 g/mol. The number of carbonyl (C=O) groups is 5. The summed E-state index contributed by atoms with van der Waals surface area (Å²) in [6.07, 6.45) is -11.7. The van der Waals surface area contributed by atoms with E-state index in [1.54, 1.807) is 27.7 Å². The lowest BCUT2D eigenvalue weighted by molar-refractivity contribution is -0.231. The Morgan fingerprint density at radius 2 is 1.60 bits per heavy atom. The molecular formula is C45H76N10O17. The molecule has 0 spiro atoms. The number of nitrogens with zero attached hydrogens (tertiary/aromatic N) is 2. The van der Waals surface area contributed by atoms with Crippen molar-refractivity contribution in [1.29, 1.82) is 0 Å². The van der Waals surface area contributed by atoms with Gasteiger partial charge in [-0.25, -0.2) is 4.79 Å². The summed E-state index contributed by atoms with van der Waals surface area (Å²) < 4.78 is 29.9. The van der Waals surface area contributed by atoms with Gasteiger partial charge in [0, 0.05) is 45.4 Å². The molecule has 2 fully saturated rings. The van der Waals surface area contributed by atoms with Gasteiger partial charge in [0.05, 0.1) is 6.04 Å². The summed E-state index contributed by atoms with van der Waals surface area (Å²) in [7, 11) is 1.24. The molecule has 0 saturated carbocycles. The van der Waals surface area contributed by atoms with Crippen LogP contribution in [0.1, 0.15) is 86.3 Å². The van der Waals surface area contributed by atoms with E-state index in [-0.39, 0.29) is 51.4 Å². The van der Waals surface area contributed by atoms with Crippen molar-refractivity contribution in [2.24, 2.45) is 34.2 Å². The molecular weight excluding hydrogens is 953 g/mol. The number of guanidine groups is 1. The molecule has 3 aliphatic heterocycles. The Labute approximate surface area is 416 Å². The van der Waals surface area contributed by atoms with E-state index in [0.29, 0.717) is 12.3 Å². The fourth-order valence-corrected chi connectivity index (χ4v) is 8.74. The molecule has 2 saturated heterocycles. The summed E-state index contributed by atoms with van der Waals surface area (Å²) in [6.45, 7) is 10.5. The second-order valence-electron chi connectivity index (χ2n) is 19.3. The first-order valence-corrected chi connectivity index (χ1v) is 24.3. The third-order valence-electron chi connectivity index (χ3n) is 12.7. The van der Waals surface area contributed by atoms with Gasteiger partial charge < -0.3 is 82.0 Å². The zero-order valence-corrected chi connectivity index (χ0v) is 41.8. The maximum atomic E-state index is 14.4. The quantitative estimate of drug-likeness (QED) is 0.0270. The van der Waals surface area contributed by atoms with Crippen LogP contribution in [0, 0.1) is 17.8 Å². The van der Waals surface area contributed by atoms with Crippen molar-refractivity contribution in [3.8, 4) is 0 Å². The maximum absolute atomic E-state index is 14.4. The van der Waals surface area contributed by atoms with Crippen LogP contribution in [-0.2, 0) is 47.7 Å². The number of carbonyl (C=O) groups excluding carboxylic acids is 3. The fourth-order valence-electron chi connectivity index (χ4n) is 8.74. The van der Waals surface area contributed by atoms with E-state index in [2.05, 4.69) is 45.4 Å². The molecule has 15 N–H and O–H groups in total. The molecule has 1 aromatic rings. The molecule has 4 heterocycles. The Morgan fingerprint density at radius 1 is 0.903 bits per heavy atom. The van der Waals surface area contributed by atoms with Crippen LogP contribution in [0.15, 0.2) is 26.8 Å². The lowest BCUT2D eigenvalue weighted by Crippen LogP contribution is -2.66. The zero-order valence-electron chi connectivity index (χ0n) is 41.8. The molecule has 3 aliphatic rings. The number of aromatic nitrogens is 2. The number of hydrogen-bond donors (Lipinski definition) is 13. The van der Waals surface area contributed by atoms with E-state index in [9.17, 15) is 59.1 Å². The lowest BCUT2D eigenvalue weighted by atomic mass is 9.95. The number of unbranched alkanes of at least 4 members (excludes halogenated alkanes) is 1. The molecule has 0 radical (unpaired) electrons. The number of hydrogen-bond acceptors (Lipinski definition) is 21. The normalized spacial score (nSPS) is 26.8. The molecule has 2 amide bonds. The number of esters is 1. The number of amides is 2. The second kappa shape index (κ2) is 27.8. The number of methoxy groups -OCH3 is 1. The molecule has 72 heavy (non-hydrogen) atoms. The number of nitrogens with one attached hydrogen (secondary N) is 6. The van der Waals surface area contributed by atoms with Crippen molar-refractivity contribution in [3.05, 3.63) is 33.1 Å². The van der Waals surface area contributed by atoms with Gasteiger partial charge in [-0.2, -0.15) is 0 Å². The summed E-state index contributed by atoms with van der Waals surface area (Å²) in [5, 5.41) is 68.0. The highest BCUT2D eigenvalue weighted by molar-refractivity contribution is 5.92. The third-order valence-corrected chi connectivity index (χ3v) is 12.7. The van der Waals surface area contributed by atoms with E-state index in [4.69, 9.17) is 35.2 Å². The fraction of sp³-hybridized carbons (Fsp3) is 0.778. The summed E-state index contributed by atoms with van der Waals surface area (Å²) in [5.41, 5.74) is 9.98. The second-order valence-corrected chi connectivity index (χ2v) is 19.3. The predicted octanol–water partition coefficient (Wildman–Crippen LogP) is -3.84. The molecule has 0 bridgehead atoms. The SMILES string of the molecule is CO[C@H]1[C@H](O[C@H]([C@H]2O[C@@H](n3ccc(=O)[nH]c3=O)[C@H](O)[C@@H]2O)[C@H](NCCCNC(=O)[C@@H](NC(=O)[C@@H](N[C@H](C(=O)O)C(C)C)[C@@H]2CCN=C(N)N2)[C@@H](OC(=O)CCCCC(C)C)C(C)C)C(=O)O)O[C@H](CN)[C@H]1O. The largest absolute Gasteiger partial charge is 0.480 e. The van der Waals surface area contributed by atoms with Crippen molar-refractivity contribution >= 4 is 35.7 Å². The summed E-state index contributed by atoms with van der Waals surface area (Å²) in [6, 6.07) is -5.61. The predicted molar refractivity (Wildman–Crippen MR) is 255 cm³/mol. The van der Waals surface area contributed by atoms with E-state index in [0.717, 1.165) is 29.7 Å². The minimum Gasteiger partial charge on any atom is -0.480 e. The first-order chi connectivity index (χ1) is 34.0. The van der Waals surface area contributed by atoms with Crippen LogP contribution in [-0.4, -0.2) is 189 Å². The van der Waals surface area contributed by atoms with Crippen LogP contribution in [0.5, 0.6) is 0 Å². The van der Waals surface area contributed by atoms with Crippen LogP contribution in [0.2, 0.25) is 0 Å². The van der Waals surface area contributed by atoms with Gasteiger partial charge in [-0.05, 0) is 43.6 Å². The number of aliphatic hydroxyl groups excluding tert-OH is 3. The van der Waals surface area contributed by atoms with E-state index in [1.807, 2.05) is 4.98 Å². The third kappa shape index (κ3) is 15.9. The number of H-pyrrole nitrogens is 1.